The van der Waals surface area contributed by atoms with Crippen molar-refractivity contribution in [3.05, 3.63) is 87.4 Å². The summed E-state index contributed by atoms with van der Waals surface area (Å²) in [6.07, 6.45) is 0.0253. The van der Waals surface area contributed by atoms with Gasteiger partial charge in [-0.25, -0.2) is 4.98 Å². The molecule has 0 spiro atoms. The Morgan fingerprint density at radius 3 is 2.39 bits per heavy atom. The van der Waals surface area contributed by atoms with E-state index in [0.717, 1.165) is 40.3 Å². The van der Waals surface area contributed by atoms with Gasteiger partial charge in [0.2, 0.25) is 17.7 Å². The summed E-state index contributed by atoms with van der Waals surface area (Å²) in [5, 5.41) is 20.0. The Morgan fingerprint density at radius 2 is 1.68 bits per heavy atom. The lowest BCUT2D eigenvalue weighted by Crippen LogP contribution is -2.47. The number of carbonyl (C=O) groups excluding carboxylic acids is 1. The van der Waals surface area contributed by atoms with Gasteiger partial charge in [0.15, 0.2) is 0 Å². The van der Waals surface area contributed by atoms with E-state index in [1.807, 2.05) is 53.4 Å². The number of hydrogen-bond acceptors (Lipinski definition) is 9. The molecule has 11 nitrogen and oxygen atoms in total. The minimum absolute atomic E-state index is 0.00203. The number of nitrogens with one attached hydrogen (secondary N) is 3. The fraction of sp³-hybridized carbons (Fsp3) is 0.429. The predicted molar refractivity (Wildman–Crippen MR) is 208 cm³/mol. The van der Waals surface area contributed by atoms with Gasteiger partial charge in [0.1, 0.15) is 11.4 Å². The number of nitrogens with zero attached hydrogens (tertiary/aromatic N) is 3. The van der Waals surface area contributed by atoms with Crippen molar-refractivity contribution in [2.24, 2.45) is 0 Å². The van der Waals surface area contributed by atoms with Gasteiger partial charge in [-0.3, -0.25) is 14.5 Å². The molecule has 300 valence electrons. The first kappa shape index (κ1) is 38.9. The number of amides is 1. The molecule has 4 aromatic rings. The van der Waals surface area contributed by atoms with Crippen molar-refractivity contribution in [1.82, 2.24) is 25.5 Å². The van der Waals surface area contributed by atoms with E-state index >= 15 is 0 Å². The molecule has 4 N–H and O–H groups in total. The summed E-state index contributed by atoms with van der Waals surface area (Å²) < 4.78 is 55.4. The van der Waals surface area contributed by atoms with Crippen LogP contribution in [0.25, 0.3) is 22.4 Å². The van der Waals surface area contributed by atoms with Crippen molar-refractivity contribution >= 4 is 29.3 Å². The molecule has 2 bridgehead atoms. The van der Waals surface area contributed by atoms with Gasteiger partial charge < -0.3 is 30.5 Å². The SMILES string of the molecule is COc1nc(-c2cccc(-c3cccc4c3CC[C@@H]4Nc3nc(OC)c(CN4C5CCC4(C(=O)O)CC5)cc3C(F)(F)F)c2Cl)ccc1CNC[C@@H]1CCC(=O)N1. The van der Waals surface area contributed by atoms with Gasteiger partial charge in [0.25, 0.3) is 0 Å². The number of pyridine rings is 2. The van der Waals surface area contributed by atoms with Crippen LogP contribution in [0, 0.1) is 0 Å². The van der Waals surface area contributed by atoms with Gasteiger partial charge in [-0.15, -0.1) is 0 Å². The molecule has 0 unspecified atom stereocenters. The number of hydrogen-bond donors (Lipinski definition) is 4. The second-order valence-corrected chi connectivity index (χ2v) is 15.7. The zero-order valence-corrected chi connectivity index (χ0v) is 32.4. The number of aliphatic carboxylic acids is 1. The van der Waals surface area contributed by atoms with Crippen molar-refractivity contribution in [3.63, 3.8) is 0 Å². The Balaban J connectivity index is 1.05. The first-order valence-corrected chi connectivity index (χ1v) is 19.6. The molecule has 2 aromatic heterocycles. The molecule has 5 heterocycles. The topological polar surface area (TPSA) is 138 Å². The highest BCUT2D eigenvalue weighted by atomic mass is 35.5. The quantitative estimate of drug-likeness (QED) is 0.107. The minimum atomic E-state index is -4.73. The van der Waals surface area contributed by atoms with Crippen LogP contribution in [0.1, 0.15) is 78.8 Å². The lowest BCUT2D eigenvalue weighted by molar-refractivity contribution is -0.149. The summed E-state index contributed by atoms with van der Waals surface area (Å²) in [6, 6.07) is 16.0. The van der Waals surface area contributed by atoms with E-state index in [1.54, 1.807) is 7.11 Å². The third-order valence-electron chi connectivity index (χ3n) is 12.1. The maximum Gasteiger partial charge on any atom is 0.419 e. The van der Waals surface area contributed by atoms with Crippen molar-refractivity contribution < 1.29 is 37.3 Å². The summed E-state index contributed by atoms with van der Waals surface area (Å²) in [5.41, 5.74) is 3.84. The molecule has 3 saturated heterocycles. The summed E-state index contributed by atoms with van der Waals surface area (Å²) in [7, 11) is 2.93. The van der Waals surface area contributed by atoms with Crippen LogP contribution in [0.3, 0.4) is 0 Å². The number of carboxylic acid groups (broad SMARTS) is 1. The fourth-order valence-electron chi connectivity index (χ4n) is 9.28. The van der Waals surface area contributed by atoms with Crippen molar-refractivity contribution in [3.8, 4) is 34.1 Å². The Labute approximate surface area is 333 Å². The van der Waals surface area contributed by atoms with Crippen LogP contribution >= 0.6 is 11.6 Å². The number of benzene rings is 2. The van der Waals surface area contributed by atoms with E-state index in [0.29, 0.717) is 80.2 Å². The lowest BCUT2D eigenvalue weighted by atomic mass is 9.88. The van der Waals surface area contributed by atoms with Crippen LogP contribution in [0.5, 0.6) is 11.8 Å². The molecular weight excluding hydrogens is 761 g/mol. The number of alkyl halides is 3. The number of carbonyl (C=O) groups is 2. The second-order valence-electron chi connectivity index (χ2n) is 15.3. The van der Waals surface area contributed by atoms with E-state index in [4.69, 9.17) is 26.1 Å². The highest BCUT2D eigenvalue weighted by molar-refractivity contribution is 6.36. The molecule has 3 fully saturated rings. The highest BCUT2D eigenvalue weighted by Gasteiger charge is 2.56. The molecule has 0 saturated carbocycles. The Kier molecular flexibility index (Phi) is 10.5. The first-order valence-electron chi connectivity index (χ1n) is 19.3. The monoisotopic (exact) mass is 804 g/mol. The van der Waals surface area contributed by atoms with Crippen LogP contribution in [-0.2, 0) is 35.3 Å². The summed E-state index contributed by atoms with van der Waals surface area (Å²) in [6.45, 7) is 1.14. The Morgan fingerprint density at radius 1 is 0.965 bits per heavy atom. The number of carboxylic acids is 1. The van der Waals surface area contributed by atoms with E-state index in [-0.39, 0.29) is 41.8 Å². The average molecular weight is 805 g/mol. The fourth-order valence-corrected chi connectivity index (χ4v) is 9.61. The van der Waals surface area contributed by atoms with Crippen LogP contribution in [-0.4, -0.2) is 70.2 Å². The van der Waals surface area contributed by atoms with Crippen molar-refractivity contribution in [2.75, 3.05) is 26.1 Å². The maximum absolute atomic E-state index is 14.7. The lowest BCUT2D eigenvalue weighted by Gasteiger charge is -2.31. The highest BCUT2D eigenvalue weighted by Crippen LogP contribution is 2.49. The summed E-state index contributed by atoms with van der Waals surface area (Å²) in [4.78, 5) is 34.9. The Bertz CT molecular complexity index is 2210. The third-order valence-corrected chi connectivity index (χ3v) is 12.5. The normalized spacial score (nSPS) is 22.8. The van der Waals surface area contributed by atoms with Gasteiger partial charge >= 0.3 is 12.1 Å². The van der Waals surface area contributed by atoms with E-state index in [1.165, 1.54) is 7.11 Å². The first-order chi connectivity index (χ1) is 27.4. The molecule has 1 aliphatic carbocycles. The number of aromatic nitrogens is 2. The number of anilines is 1. The summed E-state index contributed by atoms with van der Waals surface area (Å²) in [5.74, 6) is -0.732. The maximum atomic E-state index is 14.7. The third kappa shape index (κ3) is 7.27. The number of fused-ring (bicyclic) bond motifs is 3. The molecule has 3 aliphatic heterocycles. The summed E-state index contributed by atoms with van der Waals surface area (Å²) >= 11 is 7.15. The van der Waals surface area contributed by atoms with Gasteiger partial charge in [-0.1, -0.05) is 54.1 Å². The number of ether oxygens (including phenoxy) is 2. The van der Waals surface area contributed by atoms with Gasteiger partial charge in [0.05, 0.1) is 36.5 Å². The van der Waals surface area contributed by atoms with E-state index in [2.05, 4.69) is 20.9 Å². The zero-order chi connectivity index (χ0) is 40.1. The molecule has 0 radical (unpaired) electrons. The molecule has 4 aliphatic rings. The largest absolute Gasteiger partial charge is 0.481 e. The molecule has 1 amide bonds. The molecule has 2 atom stereocenters. The second kappa shape index (κ2) is 15.4. The number of halogens is 4. The molecule has 15 heteroatoms. The van der Waals surface area contributed by atoms with Gasteiger partial charge in [-0.05, 0) is 73.8 Å². The van der Waals surface area contributed by atoms with Crippen molar-refractivity contribution in [1.29, 1.82) is 0 Å². The molecular formula is C42H44ClF3N6O5. The van der Waals surface area contributed by atoms with Crippen LogP contribution in [0.4, 0.5) is 19.0 Å². The smallest absolute Gasteiger partial charge is 0.419 e. The average Bonchev–Trinajstić information content (AvgIpc) is 3.98. The number of methoxy groups -OCH3 is 2. The van der Waals surface area contributed by atoms with Crippen LogP contribution in [0.2, 0.25) is 5.02 Å². The minimum Gasteiger partial charge on any atom is -0.481 e. The van der Waals surface area contributed by atoms with Crippen LogP contribution in [0.15, 0.2) is 54.6 Å². The van der Waals surface area contributed by atoms with Crippen molar-refractivity contribution in [2.45, 2.75) is 94.3 Å². The zero-order valence-electron chi connectivity index (χ0n) is 31.6. The van der Waals surface area contributed by atoms with Gasteiger partial charge in [0, 0.05) is 60.4 Å². The number of rotatable bonds is 13. The predicted octanol–water partition coefficient (Wildman–Crippen LogP) is 7.55. The van der Waals surface area contributed by atoms with Gasteiger partial charge in [-0.2, -0.15) is 18.2 Å². The molecule has 57 heavy (non-hydrogen) atoms. The standard InChI is InChI=1S/C42H44ClF3N6O5/c1-56-38-23(20-47-21-25-10-14-35(53)48-25)9-12-34(50-38)31-8-4-7-30(36(31)43)27-5-3-6-29-28(27)11-13-33(29)49-37-32(42(44,45)46)19-24(39(51-37)57-2)22-52-26-15-17-41(52,18-16-26)40(54)55/h3-9,12,19,25-26,33,47H,10-11,13-18,20-22H2,1-2H3,(H,48,53)(H,49,51)(H,54,55)/t25-,26?,33-,41?/m0/s1. The molecule has 8 rings (SSSR count). The van der Waals surface area contributed by atoms with E-state index in [9.17, 15) is 27.9 Å². The molecule has 2 aromatic carbocycles. The van der Waals surface area contributed by atoms with E-state index < -0.39 is 29.3 Å². The Hall–Kier alpha value is -4.92. The van der Waals surface area contributed by atoms with Crippen LogP contribution < -0.4 is 25.4 Å².